The van der Waals surface area contributed by atoms with Crippen molar-refractivity contribution in [2.45, 2.75) is 20.3 Å². The number of pyridine rings is 1. The molecule has 0 amide bonds. The second-order valence-corrected chi connectivity index (χ2v) is 8.60. The maximum atomic E-state index is 15.0. The van der Waals surface area contributed by atoms with Gasteiger partial charge in [-0.1, -0.05) is 13.0 Å². The number of carbonyl (C=O) groups is 1. The van der Waals surface area contributed by atoms with Crippen molar-refractivity contribution < 1.29 is 18.0 Å². The van der Waals surface area contributed by atoms with E-state index in [1.165, 1.54) is 12.1 Å². The first-order valence-corrected chi connectivity index (χ1v) is 10.7. The Morgan fingerprint density at radius 1 is 1.36 bits per heavy atom. The van der Waals surface area contributed by atoms with Gasteiger partial charge in [0.25, 0.3) is 5.65 Å². The first kappa shape index (κ1) is 20.0. The molecule has 0 saturated heterocycles. The molecule has 1 atom stereocenters. The van der Waals surface area contributed by atoms with E-state index >= 15 is 4.39 Å². The van der Waals surface area contributed by atoms with Crippen molar-refractivity contribution in [1.82, 2.24) is 9.71 Å². The van der Waals surface area contributed by atoms with Gasteiger partial charge in [-0.05, 0) is 43.0 Å². The maximum Gasteiger partial charge on any atom is 0.287 e. The normalized spacial score (nSPS) is 13.4. The van der Waals surface area contributed by atoms with Crippen molar-refractivity contribution in [3.8, 4) is 0 Å². The van der Waals surface area contributed by atoms with E-state index in [1.807, 2.05) is 37.7 Å². The second kappa shape index (κ2) is 7.73. The molecule has 6 nitrogen and oxygen atoms in total. The number of benzene rings is 1. The van der Waals surface area contributed by atoms with Gasteiger partial charge in [0.05, 0.1) is 35.4 Å². The van der Waals surface area contributed by atoms with Crippen LogP contribution in [0.1, 0.15) is 34.8 Å². The lowest BCUT2D eigenvalue weighted by Crippen LogP contribution is -2.31. The van der Waals surface area contributed by atoms with Crippen molar-refractivity contribution in [2.24, 2.45) is 7.05 Å². The quantitative estimate of drug-likeness (QED) is 0.322. The third-order valence-electron chi connectivity index (χ3n) is 4.37. The predicted molar refractivity (Wildman–Crippen MR) is 111 cm³/mol. The number of anilines is 1. The third-order valence-corrected chi connectivity index (χ3v) is 5.59. The Morgan fingerprint density at radius 3 is 2.82 bits per heavy atom. The molecule has 0 fully saturated rings. The molecule has 3 N–H and O–H groups in total. The number of hydrogen-bond donors (Lipinski definition) is 3. The zero-order chi connectivity index (χ0) is 20.5. The summed E-state index contributed by atoms with van der Waals surface area (Å²) in [5, 5.41) is 0.718. The Kier molecular flexibility index (Phi) is 5.53. The minimum absolute atomic E-state index is 0.0315. The molecular formula is C20H24FN4O2S+. The van der Waals surface area contributed by atoms with Gasteiger partial charge in [0.15, 0.2) is 5.82 Å². The van der Waals surface area contributed by atoms with Crippen molar-refractivity contribution in [3.63, 3.8) is 0 Å². The van der Waals surface area contributed by atoms with Crippen LogP contribution in [0.5, 0.6) is 0 Å². The highest BCUT2D eigenvalue weighted by Gasteiger charge is 2.23. The molecule has 0 spiro atoms. The second-order valence-electron chi connectivity index (χ2n) is 6.76. The number of ketones is 1. The number of hydrogen-bond acceptors (Lipinski definition) is 2. The number of nitrogens with one attached hydrogen (secondary N) is 3. The Hall–Kier alpha value is -2.71. The maximum absolute atomic E-state index is 15.0. The average Bonchev–Trinajstić information content (AvgIpc) is 3.05. The lowest BCUT2D eigenvalue weighted by Gasteiger charge is -2.15. The summed E-state index contributed by atoms with van der Waals surface area (Å²) in [5.41, 5.74) is 2.01. The van der Waals surface area contributed by atoms with E-state index in [1.54, 1.807) is 12.3 Å². The van der Waals surface area contributed by atoms with E-state index in [9.17, 15) is 9.00 Å². The summed E-state index contributed by atoms with van der Waals surface area (Å²) in [6.45, 7) is 4.33. The highest BCUT2D eigenvalue weighted by Crippen LogP contribution is 2.25. The van der Waals surface area contributed by atoms with Crippen LogP contribution in [0.2, 0.25) is 0 Å². The van der Waals surface area contributed by atoms with Gasteiger partial charge in [-0.15, -0.1) is 0 Å². The van der Waals surface area contributed by atoms with Gasteiger partial charge in [-0.2, -0.15) is 0 Å². The topological polar surface area (TPSA) is 77.9 Å². The van der Waals surface area contributed by atoms with Crippen LogP contribution in [0.3, 0.4) is 0 Å². The van der Waals surface area contributed by atoms with Crippen LogP contribution in [0.25, 0.3) is 11.0 Å². The Bertz CT molecular complexity index is 1150. The molecule has 28 heavy (non-hydrogen) atoms. The molecule has 3 aromatic rings. The number of H-pyrrole nitrogens is 1. The van der Waals surface area contributed by atoms with Crippen molar-refractivity contribution >= 4 is 38.3 Å². The number of rotatable bonds is 7. The number of aromatic nitrogens is 2. The predicted octanol–water partition coefficient (Wildman–Crippen LogP) is 2.63. The fraction of sp³-hybridized carbons (Fsp3) is 0.250. The zero-order valence-corrected chi connectivity index (χ0v) is 17.0. The molecule has 148 valence electrons. The van der Waals surface area contributed by atoms with Gasteiger partial charge in [0.2, 0.25) is 5.78 Å². The smallest absolute Gasteiger partial charge is 0.287 e. The van der Waals surface area contributed by atoms with Gasteiger partial charge < -0.3 is 0 Å². The van der Waals surface area contributed by atoms with Gasteiger partial charge in [-0.25, -0.2) is 22.9 Å². The first-order valence-electron chi connectivity index (χ1n) is 8.93. The van der Waals surface area contributed by atoms with Gasteiger partial charge in [-0.3, -0.25) is 9.52 Å². The minimum Gasteiger partial charge on any atom is -0.298 e. The number of carbonyl (C=O) groups excluding carboxylic acids is 1. The standard InChI is InChI=1S/C20H23FN4O2S/c1-5-9-23-28(4,27)24-17-8-6-7-14(18(17)21)19(26)16-11-22-20-15(16)10-13(2)12-25(20)3/h6-8,10-12H,4-5,9H2,1-3H3,(H2,23,24,27)/p+1. The van der Waals surface area contributed by atoms with E-state index in [0.29, 0.717) is 12.1 Å². The molecule has 8 heteroatoms. The molecule has 0 radical (unpaired) electrons. The number of fused-ring (bicyclic) bond motifs is 1. The molecule has 0 aliphatic rings. The molecule has 1 aromatic carbocycles. The van der Waals surface area contributed by atoms with Crippen LogP contribution < -0.4 is 14.0 Å². The fourth-order valence-corrected chi connectivity index (χ4v) is 4.22. The number of aromatic amines is 1. The van der Waals surface area contributed by atoms with E-state index in [-0.39, 0.29) is 11.3 Å². The van der Waals surface area contributed by atoms with Gasteiger partial charge in [0, 0.05) is 6.54 Å². The van der Waals surface area contributed by atoms with Crippen LogP contribution in [0, 0.1) is 12.7 Å². The molecule has 1 unspecified atom stereocenters. The van der Waals surface area contributed by atoms with Crippen molar-refractivity contribution in [1.29, 1.82) is 0 Å². The summed E-state index contributed by atoms with van der Waals surface area (Å²) in [6, 6.07) is 6.29. The first-order chi connectivity index (χ1) is 13.2. The van der Waals surface area contributed by atoms with Crippen LogP contribution in [-0.2, 0) is 16.9 Å². The van der Waals surface area contributed by atoms with Crippen LogP contribution >= 0.6 is 0 Å². The Morgan fingerprint density at radius 2 is 2.11 bits per heavy atom. The number of halogens is 1. The summed E-state index contributed by atoms with van der Waals surface area (Å²) in [4.78, 5) is 16.1. The monoisotopic (exact) mass is 403 g/mol. The molecule has 0 saturated carbocycles. The largest absolute Gasteiger partial charge is 0.298 e. The average molecular weight is 404 g/mol. The number of nitrogens with zero attached hydrogens (tertiary/aromatic N) is 1. The molecule has 0 aliphatic carbocycles. The number of aryl methyl sites for hydroxylation is 2. The summed E-state index contributed by atoms with van der Waals surface area (Å²) in [5.74, 6) is 2.37. The van der Waals surface area contributed by atoms with E-state index in [0.717, 1.165) is 23.0 Å². The lowest BCUT2D eigenvalue weighted by molar-refractivity contribution is -0.647. The summed E-state index contributed by atoms with van der Waals surface area (Å²) in [7, 11) is -1.05. The molecular weight excluding hydrogens is 379 g/mol. The lowest BCUT2D eigenvalue weighted by atomic mass is 10.0. The van der Waals surface area contributed by atoms with Crippen molar-refractivity contribution in [3.05, 3.63) is 59.2 Å². The van der Waals surface area contributed by atoms with Crippen molar-refractivity contribution in [2.75, 3.05) is 11.3 Å². The highest BCUT2D eigenvalue weighted by atomic mass is 32.2. The van der Waals surface area contributed by atoms with Gasteiger partial charge >= 0.3 is 0 Å². The zero-order valence-electron chi connectivity index (χ0n) is 16.1. The van der Waals surface area contributed by atoms with Crippen LogP contribution in [-0.4, -0.2) is 27.4 Å². The summed E-state index contributed by atoms with van der Waals surface area (Å²) >= 11 is 0. The Labute approximate surface area is 164 Å². The van der Waals surface area contributed by atoms with E-state index < -0.39 is 21.5 Å². The molecule has 0 bridgehead atoms. The molecule has 2 aromatic heterocycles. The SMILES string of the molecule is C=S(=O)(NCCC)Nc1cccc(C(=O)c2c[nH]c3c2cc(C)c[n+]3C)c1F. The van der Waals surface area contributed by atoms with E-state index in [4.69, 9.17) is 0 Å². The third kappa shape index (κ3) is 3.93. The summed E-state index contributed by atoms with van der Waals surface area (Å²) < 4.78 is 34.7. The van der Waals surface area contributed by atoms with Gasteiger partial charge in [0.1, 0.15) is 16.1 Å². The molecule has 3 rings (SSSR count). The highest BCUT2D eigenvalue weighted by molar-refractivity contribution is 7.99. The molecule has 2 heterocycles. The minimum atomic E-state index is -2.92. The van der Waals surface area contributed by atoms with Crippen LogP contribution in [0.4, 0.5) is 10.1 Å². The molecule has 0 aliphatic heterocycles. The van der Waals surface area contributed by atoms with E-state index in [2.05, 4.69) is 20.3 Å². The Balaban J connectivity index is 2.00. The van der Waals surface area contributed by atoms with Crippen LogP contribution in [0.15, 0.2) is 36.7 Å². The fourth-order valence-electron chi connectivity index (χ4n) is 3.10. The summed E-state index contributed by atoms with van der Waals surface area (Å²) in [6.07, 6.45) is 4.28.